The summed E-state index contributed by atoms with van der Waals surface area (Å²) in [5.41, 5.74) is 7.75. The van der Waals surface area contributed by atoms with Crippen LogP contribution in [0.1, 0.15) is 25.0 Å². The minimum atomic E-state index is -0.306. The number of nitrogens with zero attached hydrogens (tertiary/aromatic N) is 3. The van der Waals surface area contributed by atoms with Crippen molar-refractivity contribution in [1.82, 2.24) is 4.98 Å². The normalized spacial score (nSPS) is 13.8. The van der Waals surface area contributed by atoms with Crippen molar-refractivity contribution in [3.63, 3.8) is 0 Å². The predicted molar refractivity (Wildman–Crippen MR) is 127 cm³/mol. The smallest absolute Gasteiger partial charge is 0.162 e. The van der Waals surface area contributed by atoms with Crippen molar-refractivity contribution in [1.29, 1.82) is 10.5 Å². The van der Waals surface area contributed by atoms with Crippen LogP contribution >= 0.6 is 11.8 Å². The fourth-order valence-corrected chi connectivity index (χ4v) is 4.05. The second kappa shape index (κ2) is 10.8. The molecule has 3 aromatic rings. The van der Waals surface area contributed by atoms with E-state index < -0.39 is 0 Å². The number of rotatable bonds is 4. The zero-order valence-corrected chi connectivity index (χ0v) is 19.5. The first kappa shape index (κ1) is 24.1. The molecule has 1 aromatic heterocycles. The van der Waals surface area contributed by atoms with Crippen LogP contribution in [0.4, 0.5) is 5.82 Å². The molecule has 1 aliphatic heterocycles. The summed E-state index contributed by atoms with van der Waals surface area (Å²) in [6.07, 6.45) is 0. The molecule has 0 amide bonds. The number of anilines is 1. The zero-order valence-electron chi connectivity index (χ0n) is 18.7. The Hall–Kier alpha value is -3.56. The molecule has 0 atom stereocenters. The summed E-state index contributed by atoms with van der Waals surface area (Å²) in [5, 5.41) is 19.8. The van der Waals surface area contributed by atoms with Gasteiger partial charge in [-0.05, 0) is 43.7 Å². The first-order valence-electron chi connectivity index (χ1n) is 10.2. The van der Waals surface area contributed by atoms with E-state index in [0.717, 1.165) is 18.1 Å². The molecule has 2 aromatic carbocycles. The van der Waals surface area contributed by atoms with Crippen LogP contribution in [0.3, 0.4) is 0 Å². The molecule has 8 heteroatoms. The van der Waals surface area contributed by atoms with Gasteiger partial charge in [-0.15, -0.1) is 0 Å². The summed E-state index contributed by atoms with van der Waals surface area (Å²) >= 11 is 1.34. The van der Waals surface area contributed by atoms with Gasteiger partial charge in [0.1, 0.15) is 34.3 Å². The molecule has 7 nitrogen and oxygen atoms in total. The van der Waals surface area contributed by atoms with Crippen molar-refractivity contribution in [2.24, 2.45) is 0 Å². The molecule has 0 bridgehead atoms. The van der Waals surface area contributed by atoms with E-state index in [2.05, 4.69) is 17.1 Å². The van der Waals surface area contributed by atoms with Crippen LogP contribution in [0.25, 0.3) is 11.1 Å². The minimum Gasteiger partial charge on any atom is -0.497 e. The van der Waals surface area contributed by atoms with Crippen LogP contribution in [-0.4, -0.2) is 31.1 Å². The van der Waals surface area contributed by atoms with E-state index in [0.29, 0.717) is 27.5 Å². The first-order chi connectivity index (χ1) is 15.9. The van der Waals surface area contributed by atoms with Gasteiger partial charge in [-0.25, -0.2) is 4.98 Å². The van der Waals surface area contributed by atoms with Gasteiger partial charge in [0, 0.05) is 10.5 Å². The number of nitrogens with two attached hydrogens (primary N) is 1. The average Bonchev–Trinajstić information content (AvgIpc) is 3.23. The molecule has 1 fully saturated rings. The highest BCUT2D eigenvalue weighted by molar-refractivity contribution is 7.99. The highest BCUT2D eigenvalue weighted by Crippen LogP contribution is 2.38. The van der Waals surface area contributed by atoms with E-state index in [1.54, 1.807) is 31.4 Å². The van der Waals surface area contributed by atoms with E-state index >= 15 is 0 Å². The Morgan fingerprint density at radius 2 is 1.58 bits per heavy atom. The third-order valence-electron chi connectivity index (χ3n) is 4.73. The van der Waals surface area contributed by atoms with Crippen LogP contribution in [0.5, 0.6) is 5.75 Å². The predicted octanol–water partition coefficient (Wildman–Crippen LogP) is 5.00. The molecule has 168 valence electrons. The molecule has 0 aliphatic carbocycles. The molecule has 4 rings (SSSR count). The third-order valence-corrected chi connectivity index (χ3v) is 5.73. The fourth-order valence-electron chi connectivity index (χ4n) is 3.14. The molecule has 0 unspecified atom stereocenters. The lowest BCUT2D eigenvalue weighted by Crippen LogP contribution is -2.18. The Morgan fingerprint density at radius 1 is 0.970 bits per heavy atom. The molecule has 0 spiro atoms. The van der Waals surface area contributed by atoms with Gasteiger partial charge in [0.25, 0.3) is 0 Å². The lowest BCUT2D eigenvalue weighted by Gasteiger charge is -2.13. The number of methoxy groups -OCH3 is 1. The summed E-state index contributed by atoms with van der Waals surface area (Å²) in [6, 6.07) is 21.0. The van der Waals surface area contributed by atoms with E-state index in [-0.39, 0.29) is 17.2 Å². The van der Waals surface area contributed by atoms with E-state index in [1.807, 2.05) is 44.2 Å². The molecule has 0 saturated carbocycles. The van der Waals surface area contributed by atoms with Gasteiger partial charge in [-0.3, -0.25) is 0 Å². The topological polar surface area (TPSA) is 114 Å². The van der Waals surface area contributed by atoms with Crippen LogP contribution in [0, 0.1) is 22.7 Å². The van der Waals surface area contributed by atoms with Crippen molar-refractivity contribution in [2.45, 2.75) is 29.6 Å². The molecule has 2 heterocycles. The molecule has 1 aliphatic rings. The monoisotopic (exact) mass is 460 g/mol. The van der Waals surface area contributed by atoms with Crippen LogP contribution in [0.2, 0.25) is 0 Å². The molecular formula is C25H24N4O3S. The van der Waals surface area contributed by atoms with Crippen molar-refractivity contribution >= 4 is 17.6 Å². The number of pyridine rings is 1. The highest BCUT2D eigenvalue weighted by Gasteiger charge is 2.23. The molecular weight excluding hydrogens is 436 g/mol. The summed E-state index contributed by atoms with van der Waals surface area (Å²) in [6.45, 7) is 5.32. The first-order valence-corrected chi connectivity index (χ1v) is 11.0. The van der Waals surface area contributed by atoms with Crippen molar-refractivity contribution in [2.75, 3.05) is 26.1 Å². The van der Waals surface area contributed by atoms with Crippen LogP contribution < -0.4 is 10.5 Å². The quantitative estimate of drug-likeness (QED) is 0.578. The Morgan fingerprint density at radius 3 is 2.06 bits per heavy atom. The SMILES string of the molecule is CC1(C)OCCO1.COc1ccc(-c2c(C#N)c(N)nc(Sc3ccccc3)c2C#N)cc1. The Labute approximate surface area is 197 Å². The number of ether oxygens (including phenoxy) is 3. The van der Waals surface area contributed by atoms with E-state index in [1.165, 1.54) is 11.8 Å². The second-order valence-corrected chi connectivity index (χ2v) is 8.45. The van der Waals surface area contributed by atoms with Crippen LogP contribution in [-0.2, 0) is 9.47 Å². The maximum absolute atomic E-state index is 9.77. The van der Waals surface area contributed by atoms with Crippen molar-refractivity contribution in [3.8, 4) is 29.0 Å². The van der Waals surface area contributed by atoms with Gasteiger partial charge in [0.2, 0.25) is 0 Å². The van der Waals surface area contributed by atoms with Gasteiger partial charge < -0.3 is 19.9 Å². The lowest BCUT2D eigenvalue weighted by molar-refractivity contribution is -0.125. The van der Waals surface area contributed by atoms with Crippen molar-refractivity contribution < 1.29 is 14.2 Å². The Balaban J connectivity index is 0.000000374. The standard InChI is InChI=1S/C20H14N4OS.C5H10O2/c1-25-14-9-7-13(8-10-14)18-16(11-21)19(23)24-20(17(18)12-22)26-15-5-3-2-4-6-15;1-5(2)6-3-4-7-5/h2-10H,1H3,(H2,23,24);3-4H2,1-2H3. The highest BCUT2D eigenvalue weighted by atomic mass is 32.2. The maximum Gasteiger partial charge on any atom is 0.162 e. The number of nitriles is 2. The van der Waals surface area contributed by atoms with Gasteiger partial charge in [-0.1, -0.05) is 42.1 Å². The third kappa shape index (κ3) is 6.03. The zero-order chi connectivity index (χ0) is 23.8. The minimum absolute atomic E-state index is 0.107. The van der Waals surface area contributed by atoms with Gasteiger partial charge >= 0.3 is 0 Å². The molecule has 0 radical (unpaired) electrons. The molecule has 1 saturated heterocycles. The second-order valence-electron chi connectivity index (χ2n) is 7.39. The number of hydrogen-bond acceptors (Lipinski definition) is 8. The van der Waals surface area contributed by atoms with Gasteiger partial charge in [-0.2, -0.15) is 10.5 Å². The maximum atomic E-state index is 9.77. The van der Waals surface area contributed by atoms with Gasteiger partial charge in [0.15, 0.2) is 5.79 Å². The Bertz CT molecular complexity index is 1180. The number of nitrogen functional groups attached to an aromatic ring is 1. The number of hydrogen-bond donors (Lipinski definition) is 1. The summed E-state index contributed by atoms with van der Waals surface area (Å²) < 4.78 is 15.4. The number of benzene rings is 2. The molecule has 33 heavy (non-hydrogen) atoms. The lowest BCUT2D eigenvalue weighted by atomic mass is 9.97. The van der Waals surface area contributed by atoms with Gasteiger partial charge in [0.05, 0.1) is 25.9 Å². The summed E-state index contributed by atoms with van der Waals surface area (Å²) in [7, 11) is 1.58. The van der Waals surface area contributed by atoms with Crippen LogP contribution in [0.15, 0.2) is 64.5 Å². The number of aromatic nitrogens is 1. The largest absolute Gasteiger partial charge is 0.497 e. The molecule has 2 N–H and O–H groups in total. The summed E-state index contributed by atoms with van der Waals surface area (Å²) in [4.78, 5) is 5.23. The van der Waals surface area contributed by atoms with Crippen molar-refractivity contribution in [3.05, 3.63) is 65.7 Å². The van der Waals surface area contributed by atoms with E-state index in [9.17, 15) is 10.5 Å². The van der Waals surface area contributed by atoms with E-state index in [4.69, 9.17) is 19.9 Å². The summed E-state index contributed by atoms with van der Waals surface area (Å²) in [5.74, 6) is 0.488. The average molecular weight is 461 g/mol. The fraction of sp³-hybridized carbons (Fsp3) is 0.240. The Kier molecular flexibility index (Phi) is 7.92.